The average molecular weight is 319 g/mol. The summed E-state index contributed by atoms with van der Waals surface area (Å²) in [4.78, 5) is 24.3. The maximum atomic E-state index is 12.4. The first kappa shape index (κ1) is 16.6. The van der Waals surface area contributed by atoms with Gasteiger partial charge in [-0.3, -0.25) is 4.79 Å². The van der Waals surface area contributed by atoms with Gasteiger partial charge in [-0.1, -0.05) is 24.3 Å². The van der Waals surface area contributed by atoms with E-state index in [-0.39, 0.29) is 24.2 Å². The summed E-state index contributed by atoms with van der Waals surface area (Å²) in [6.07, 6.45) is 2.24. The molecule has 0 aromatic heterocycles. The number of rotatable bonds is 5. The summed E-state index contributed by atoms with van der Waals surface area (Å²) in [7, 11) is 0. The molecule has 1 heterocycles. The van der Waals surface area contributed by atoms with Crippen molar-refractivity contribution in [3.63, 3.8) is 0 Å². The first-order chi connectivity index (χ1) is 10.5. The quantitative estimate of drug-likeness (QED) is 0.670. The van der Waals surface area contributed by atoms with Crippen molar-refractivity contribution in [3.05, 3.63) is 46.7 Å². The molecule has 0 bridgehead atoms. The number of carbonyl (C=O) groups is 2. The van der Waals surface area contributed by atoms with E-state index in [0.29, 0.717) is 17.9 Å². The molecule has 1 aliphatic rings. The van der Waals surface area contributed by atoms with Crippen LogP contribution in [0.2, 0.25) is 0 Å². The van der Waals surface area contributed by atoms with Crippen LogP contribution in [0.25, 0.3) is 0 Å². The van der Waals surface area contributed by atoms with Gasteiger partial charge >= 0.3 is 5.97 Å². The Kier molecular flexibility index (Phi) is 5.66. The van der Waals surface area contributed by atoms with Crippen molar-refractivity contribution in [2.45, 2.75) is 26.2 Å². The molecule has 0 unspecified atom stereocenters. The largest absolute Gasteiger partial charge is 0.461 e. The fourth-order valence-electron chi connectivity index (χ4n) is 2.71. The molecule has 22 heavy (non-hydrogen) atoms. The molecule has 1 aromatic rings. The molecule has 1 aliphatic heterocycles. The van der Waals surface area contributed by atoms with Gasteiger partial charge in [0.15, 0.2) is 0 Å². The van der Waals surface area contributed by atoms with Crippen LogP contribution in [-0.2, 0) is 14.3 Å². The second-order valence-electron chi connectivity index (χ2n) is 5.33. The van der Waals surface area contributed by atoms with Gasteiger partial charge in [0.25, 0.3) is 0 Å². The van der Waals surface area contributed by atoms with E-state index in [9.17, 15) is 9.59 Å². The van der Waals surface area contributed by atoms with Gasteiger partial charge in [0.1, 0.15) is 6.61 Å². The van der Waals surface area contributed by atoms with Crippen molar-refractivity contribution >= 4 is 23.6 Å². The number of hydrogen-bond acceptors (Lipinski definition) is 4. The first-order valence-corrected chi connectivity index (χ1v) is 8.66. The second kappa shape index (κ2) is 7.49. The third-order valence-electron chi connectivity index (χ3n) is 3.77. The molecule has 1 amide bonds. The summed E-state index contributed by atoms with van der Waals surface area (Å²) >= 11 is 1.63. The summed E-state index contributed by atoms with van der Waals surface area (Å²) in [5, 5.41) is 2.75. The van der Waals surface area contributed by atoms with Crippen LogP contribution in [0.5, 0.6) is 0 Å². The highest BCUT2D eigenvalue weighted by atomic mass is 32.2. The summed E-state index contributed by atoms with van der Waals surface area (Å²) < 4.78 is 5.35. The van der Waals surface area contributed by atoms with Gasteiger partial charge in [0.05, 0.1) is 5.57 Å². The SMILES string of the molecule is CSCCOC(=O)C1=C(C)NC(=O)C[C@H]1c1ccccc1C. The maximum Gasteiger partial charge on any atom is 0.336 e. The zero-order chi connectivity index (χ0) is 16.1. The molecule has 0 saturated heterocycles. The normalized spacial score (nSPS) is 18.1. The van der Waals surface area contributed by atoms with Crippen LogP contribution in [0.3, 0.4) is 0 Å². The third kappa shape index (κ3) is 3.71. The number of amides is 1. The van der Waals surface area contributed by atoms with Crippen molar-refractivity contribution in [1.29, 1.82) is 0 Å². The molecule has 1 N–H and O–H groups in total. The number of thioether (sulfide) groups is 1. The van der Waals surface area contributed by atoms with Crippen LogP contribution in [0, 0.1) is 6.92 Å². The molecule has 1 aromatic carbocycles. The van der Waals surface area contributed by atoms with Crippen molar-refractivity contribution in [1.82, 2.24) is 5.32 Å². The van der Waals surface area contributed by atoms with Crippen LogP contribution in [0.15, 0.2) is 35.5 Å². The molecule has 0 radical (unpaired) electrons. The Bertz CT molecular complexity index is 610. The van der Waals surface area contributed by atoms with Gasteiger partial charge in [-0.25, -0.2) is 4.79 Å². The number of benzene rings is 1. The van der Waals surface area contributed by atoms with Crippen LogP contribution in [0.1, 0.15) is 30.4 Å². The third-order valence-corrected chi connectivity index (χ3v) is 4.35. The molecule has 1 atom stereocenters. The lowest BCUT2D eigenvalue weighted by molar-refractivity contribution is -0.139. The maximum absolute atomic E-state index is 12.4. The molecular formula is C17H21NO3S. The van der Waals surface area contributed by atoms with Gasteiger partial charge in [0.2, 0.25) is 5.91 Å². The second-order valence-corrected chi connectivity index (χ2v) is 6.31. The Morgan fingerprint density at radius 1 is 1.36 bits per heavy atom. The number of nitrogens with one attached hydrogen (secondary N) is 1. The van der Waals surface area contributed by atoms with Crippen molar-refractivity contribution in [2.24, 2.45) is 0 Å². The van der Waals surface area contributed by atoms with E-state index in [4.69, 9.17) is 4.74 Å². The molecular weight excluding hydrogens is 298 g/mol. The standard InChI is InChI=1S/C17H21NO3S/c1-11-6-4-5-7-13(11)14-10-15(19)18-12(2)16(14)17(20)21-8-9-22-3/h4-7,14H,8-10H2,1-3H3,(H,18,19)/t14-/m0/s1. The summed E-state index contributed by atoms with van der Waals surface area (Å²) in [5.74, 6) is 0.127. The van der Waals surface area contributed by atoms with Gasteiger partial charge < -0.3 is 10.1 Å². The number of esters is 1. The Morgan fingerprint density at radius 2 is 2.09 bits per heavy atom. The van der Waals surface area contributed by atoms with Crippen molar-refractivity contribution < 1.29 is 14.3 Å². The fourth-order valence-corrected chi connectivity index (χ4v) is 2.96. The smallest absolute Gasteiger partial charge is 0.336 e. The Labute approximate surface area is 135 Å². The van der Waals surface area contributed by atoms with Gasteiger partial charge in [-0.15, -0.1) is 0 Å². The summed E-state index contributed by atoms with van der Waals surface area (Å²) in [5.41, 5.74) is 3.24. The molecule has 0 fully saturated rings. The van der Waals surface area contributed by atoms with E-state index in [1.54, 1.807) is 18.7 Å². The fraction of sp³-hybridized carbons (Fsp3) is 0.412. The zero-order valence-corrected chi connectivity index (χ0v) is 14.0. The van der Waals surface area contributed by atoms with Crippen LogP contribution in [-0.4, -0.2) is 30.5 Å². The van der Waals surface area contributed by atoms with Crippen molar-refractivity contribution in [2.75, 3.05) is 18.6 Å². The summed E-state index contributed by atoms with van der Waals surface area (Å²) in [6, 6.07) is 7.85. The zero-order valence-electron chi connectivity index (χ0n) is 13.1. The Hall–Kier alpha value is -1.75. The van der Waals surface area contributed by atoms with Crippen LogP contribution < -0.4 is 5.32 Å². The van der Waals surface area contributed by atoms with E-state index in [1.165, 1.54) is 0 Å². The Morgan fingerprint density at radius 3 is 2.77 bits per heavy atom. The lowest BCUT2D eigenvalue weighted by atomic mass is 9.82. The topological polar surface area (TPSA) is 55.4 Å². The predicted octanol–water partition coefficient (Wildman–Crippen LogP) is 2.78. The average Bonchev–Trinajstić information content (AvgIpc) is 2.47. The highest BCUT2D eigenvalue weighted by molar-refractivity contribution is 7.98. The molecule has 2 rings (SSSR count). The predicted molar refractivity (Wildman–Crippen MR) is 88.7 cm³/mol. The monoisotopic (exact) mass is 319 g/mol. The van der Waals surface area contributed by atoms with Gasteiger partial charge in [-0.2, -0.15) is 11.8 Å². The number of hydrogen-bond donors (Lipinski definition) is 1. The molecule has 0 spiro atoms. The Balaban J connectivity index is 2.33. The lowest BCUT2D eigenvalue weighted by Crippen LogP contribution is -2.34. The highest BCUT2D eigenvalue weighted by Crippen LogP contribution is 2.35. The molecule has 5 heteroatoms. The lowest BCUT2D eigenvalue weighted by Gasteiger charge is -2.27. The van der Waals surface area contributed by atoms with E-state index >= 15 is 0 Å². The van der Waals surface area contributed by atoms with E-state index < -0.39 is 0 Å². The first-order valence-electron chi connectivity index (χ1n) is 7.26. The summed E-state index contributed by atoms with van der Waals surface area (Å²) in [6.45, 7) is 4.13. The van der Waals surface area contributed by atoms with Crippen LogP contribution >= 0.6 is 11.8 Å². The van der Waals surface area contributed by atoms with Gasteiger partial charge in [-0.05, 0) is 31.2 Å². The minimum atomic E-state index is -0.334. The number of ether oxygens (including phenoxy) is 1. The number of carbonyl (C=O) groups excluding carboxylic acids is 2. The molecule has 4 nitrogen and oxygen atoms in total. The number of aryl methyl sites for hydroxylation is 1. The molecule has 118 valence electrons. The van der Waals surface area contributed by atoms with E-state index in [2.05, 4.69) is 5.32 Å². The minimum absolute atomic E-state index is 0.0635. The molecule has 0 saturated carbocycles. The van der Waals surface area contributed by atoms with Crippen LogP contribution in [0.4, 0.5) is 0 Å². The van der Waals surface area contributed by atoms with Gasteiger partial charge in [0, 0.05) is 23.8 Å². The number of allylic oxidation sites excluding steroid dienone is 1. The van der Waals surface area contributed by atoms with Crippen molar-refractivity contribution in [3.8, 4) is 0 Å². The molecule has 0 aliphatic carbocycles. The highest BCUT2D eigenvalue weighted by Gasteiger charge is 2.33. The minimum Gasteiger partial charge on any atom is -0.461 e. The van der Waals surface area contributed by atoms with E-state index in [0.717, 1.165) is 16.9 Å². The van der Waals surface area contributed by atoms with E-state index in [1.807, 2.05) is 37.4 Å².